The summed E-state index contributed by atoms with van der Waals surface area (Å²) in [6.45, 7) is 1.83. The van der Waals surface area contributed by atoms with Gasteiger partial charge in [-0.05, 0) is 24.6 Å². The Kier molecular flexibility index (Phi) is 3.74. The SMILES string of the molecule is Cc1cccc(NC(=O)[C@H]2CC(=O)Nc3nc(C(F)(F)F)nn32)c1. The van der Waals surface area contributed by atoms with E-state index in [-0.39, 0.29) is 6.42 Å². The van der Waals surface area contributed by atoms with Crippen molar-refractivity contribution >= 4 is 23.5 Å². The van der Waals surface area contributed by atoms with Gasteiger partial charge in [-0.3, -0.25) is 14.9 Å². The molecule has 7 nitrogen and oxygen atoms in total. The quantitative estimate of drug-likeness (QED) is 0.877. The molecule has 1 aliphatic heterocycles. The highest BCUT2D eigenvalue weighted by Crippen LogP contribution is 2.31. The van der Waals surface area contributed by atoms with Crippen molar-refractivity contribution in [3.63, 3.8) is 0 Å². The summed E-state index contributed by atoms with van der Waals surface area (Å²) in [6, 6.07) is 5.68. The molecular weight excluding hydrogens is 327 g/mol. The molecule has 0 aliphatic carbocycles. The number of aryl methyl sites for hydroxylation is 1. The summed E-state index contributed by atoms with van der Waals surface area (Å²) in [6.07, 6.45) is -5.10. The van der Waals surface area contributed by atoms with Crippen LogP contribution >= 0.6 is 0 Å². The van der Waals surface area contributed by atoms with Crippen molar-refractivity contribution in [3.05, 3.63) is 35.7 Å². The fourth-order valence-electron chi connectivity index (χ4n) is 2.34. The van der Waals surface area contributed by atoms with Crippen LogP contribution in [0.5, 0.6) is 0 Å². The third-order valence-electron chi connectivity index (χ3n) is 3.40. The van der Waals surface area contributed by atoms with Crippen molar-refractivity contribution in [1.82, 2.24) is 14.8 Å². The first-order chi connectivity index (χ1) is 11.2. The molecule has 1 aromatic heterocycles. The second-order valence-electron chi connectivity index (χ2n) is 5.33. The van der Waals surface area contributed by atoms with E-state index in [1.807, 2.05) is 13.0 Å². The Morgan fingerprint density at radius 2 is 2.17 bits per heavy atom. The normalized spacial score (nSPS) is 17.2. The van der Waals surface area contributed by atoms with Gasteiger partial charge in [0.1, 0.15) is 6.04 Å². The molecule has 10 heteroatoms. The van der Waals surface area contributed by atoms with Crippen molar-refractivity contribution in [2.75, 3.05) is 10.6 Å². The maximum Gasteiger partial charge on any atom is 0.453 e. The molecule has 0 saturated heterocycles. The molecule has 2 amide bonds. The van der Waals surface area contributed by atoms with Gasteiger partial charge in [-0.2, -0.15) is 18.2 Å². The lowest BCUT2D eigenvalue weighted by Crippen LogP contribution is -2.36. The van der Waals surface area contributed by atoms with Gasteiger partial charge < -0.3 is 5.32 Å². The fraction of sp³-hybridized carbons (Fsp3) is 0.286. The number of carbonyl (C=O) groups excluding carboxylic acids is 2. The summed E-state index contributed by atoms with van der Waals surface area (Å²) in [4.78, 5) is 27.3. The Morgan fingerprint density at radius 1 is 1.42 bits per heavy atom. The molecule has 0 bridgehead atoms. The number of benzene rings is 1. The topological polar surface area (TPSA) is 88.9 Å². The van der Waals surface area contributed by atoms with Gasteiger partial charge in [0.05, 0.1) is 6.42 Å². The molecule has 0 fully saturated rings. The van der Waals surface area contributed by atoms with Crippen molar-refractivity contribution in [2.45, 2.75) is 25.6 Å². The van der Waals surface area contributed by atoms with Crippen LogP contribution in [0.3, 0.4) is 0 Å². The fourth-order valence-corrected chi connectivity index (χ4v) is 2.34. The molecule has 126 valence electrons. The smallest absolute Gasteiger partial charge is 0.324 e. The van der Waals surface area contributed by atoms with Gasteiger partial charge in [0, 0.05) is 5.69 Å². The molecule has 0 saturated carbocycles. The Bertz CT molecular complexity index is 815. The van der Waals surface area contributed by atoms with E-state index in [1.165, 1.54) is 0 Å². The van der Waals surface area contributed by atoms with Gasteiger partial charge in [0.25, 0.3) is 5.82 Å². The Labute approximate surface area is 133 Å². The van der Waals surface area contributed by atoms with E-state index in [0.717, 1.165) is 10.2 Å². The summed E-state index contributed by atoms with van der Waals surface area (Å²) >= 11 is 0. The zero-order chi connectivity index (χ0) is 17.5. The van der Waals surface area contributed by atoms with Crippen LogP contribution < -0.4 is 10.6 Å². The minimum atomic E-state index is -4.77. The highest BCUT2D eigenvalue weighted by atomic mass is 19.4. The molecule has 3 rings (SSSR count). The predicted molar refractivity (Wildman–Crippen MR) is 77.1 cm³/mol. The first-order valence-electron chi connectivity index (χ1n) is 6.95. The number of anilines is 2. The van der Waals surface area contributed by atoms with E-state index in [1.54, 1.807) is 18.2 Å². The second kappa shape index (κ2) is 5.62. The number of hydrogen-bond donors (Lipinski definition) is 2. The maximum absolute atomic E-state index is 12.7. The minimum absolute atomic E-state index is 0.328. The standard InChI is InChI=1S/C14H12F3N5O2/c1-7-3-2-4-8(5-7)18-11(24)9-6-10(23)19-13-20-12(14(15,16)17)21-22(9)13/h2-5,9H,6H2,1H3,(H,18,24)(H,19,20,21,23)/t9-/m1/s1. The van der Waals surface area contributed by atoms with Crippen LogP contribution in [0.25, 0.3) is 0 Å². The number of hydrogen-bond acceptors (Lipinski definition) is 4. The first kappa shape index (κ1) is 16.0. The molecule has 2 heterocycles. The molecule has 1 aromatic carbocycles. The van der Waals surface area contributed by atoms with E-state index in [4.69, 9.17) is 0 Å². The lowest BCUT2D eigenvalue weighted by atomic mass is 10.1. The van der Waals surface area contributed by atoms with Gasteiger partial charge >= 0.3 is 6.18 Å². The largest absolute Gasteiger partial charge is 0.453 e. The summed E-state index contributed by atoms with van der Waals surface area (Å²) < 4.78 is 39.0. The highest BCUT2D eigenvalue weighted by Gasteiger charge is 2.41. The van der Waals surface area contributed by atoms with E-state index in [0.29, 0.717) is 5.69 Å². The van der Waals surface area contributed by atoms with Crippen molar-refractivity contribution in [3.8, 4) is 0 Å². The molecule has 2 N–H and O–H groups in total. The van der Waals surface area contributed by atoms with E-state index >= 15 is 0 Å². The first-order valence-corrected chi connectivity index (χ1v) is 6.95. The summed E-state index contributed by atoms with van der Waals surface area (Å²) in [5, 5.41) is 8.08. The third kappa shape index (κ3) is 3.07. The van der Waals surface area contributed by atoms with Crippen LogP contribution in [0.1, 0.15) is 23.9 Å². The van der Waals surface area contributed by atoms with Crippen LogP contribution in [-0.2, 0) is 15.8 Å². The van der Waals surface area contributed by atoms with Crippen LogP contribution in [0.2, 0.25) is 0 Å². The predicted octanol–water partition coefficient (Wildman–Crippen LogP) is 2.13. The summed E-state index contributed by atoms with van der Waals surface area (Å²) in [5.74, 6) is -3.06. The van der Waals surface area contributed by atoms with Crippen LogP contribution in [0.4, 0.5) is 24.8 Å². The number of aromatic nitrogens is 3. The van der Waals surface area contributed by atoms with Crippen molar-refractivity contribution in [2.24, 2.45) is 0 Å². The number of nitrogens with one attached hydrogen (secondary N) is 2. The number of halogens is 3. The third-order valence-corrected chi connectivity index (χ3v) is 3.40. The average Bonchev–Trinajstić information content (AvgIpc) is 2.90. The number of carbonyl (C=O) groups is 2. The van der Waals surface area contributed by atoms with E-state index in [2.05, 4.69) is 20.7 Å². The van der Waals surface area contributed by atoms with Crippen molar-refractivity contribution in [1.29, 1.82) is 0 Å². The number of fused-ring (bicyclic) bond motifs is 1. The Hall–Kier alpha value is -2.91. The second-order valence-corrected chi connectivity index (χ2v) is 5.33. The molecule has 24 heavy (non-hydrogen) atoms. The summed E-state index contributed by atoms with van der Waals surface area (Å²) in [5.41, 5.74) is 1.37. The van der Waals surface area contributed by atoms with Crippen LogP contribution in [0.15, 0.2) is 24.3 Å². The number of amides is 2. The number of alkyl halides is 3. The van der Waals surface area contributed by atoms with E-state index in [9.17, 15) is 22.8 Å². The van der Waals surface area contributed by atoms with Gasteiger partial charge in [-0.15, -0.1) is 5.10 Å². The zero-order valence-electron chi connectivity index (χ0n) is 12.4. The maximum atomic E-state index is 12.7. The van der Waals surface area contributed by atoms with Crippen molar-refractivity contribution < 1.29 is 22.8 Å². The lowest BCUT2D eigenvalue weighted by molar-refractivity contribution is -0.145. The molecule has 2 aromatic rings. The van der Waals surface area contributed by atoms with Gasteiger partial charge in [-0.25, -0.2) is 4.68 Å². The average molecular weight is 339 g/mol. The molecule has 1 atom stereocenters. The molecule has 0 spiro atoms. The zero-order valence-corrected chi connectivity index (χ0v) is 12.4. The van der Waals surface area contributed by atoms with E-state index < -0.39 is 35.8 Å². The molecule has 1 aliphatic rings. The van der Waals surface area contributed by atoms with Gasteiger partial charge in [-0.1, -0.05) is 12.1 Å². The minimum Gasteiger partial charge on any atom is -0.324 e. The van der Waals surface area contributed by atoms with Crippen LogP contribution in [-0.4, -0.2) is 26.6 Å². The monoisotopic (exact) mass is 339 g/mol. The van der Waals surface area contributed by atoms with Gasteiger partial charge in [0.2, 0.25) is 17.8 Å². The van der Waals surface area contributed by atoms with Crippen LogP contribution in [0, 0.1) is 6.92 Å². The Balaban J connectivity index is 1.90. The highest BCUT2D eigenvalue weighted by molar-refractivity contribution is 6.00. The molecule has 0 radical (unpaired) electrons. The lowest BCUT2D eigenvalue weighted by Gasteiger charge is -2.22. The Morgan fingerprint density at radius 3 is 2.83 bits per heavy atom. The molecule has 0 unspecified atom stereocenters. The number of nitrogens with zero attached hydrogens (tertiary/aromatic N) is 3. The van der Waals surface area contributed by atoms with Gasteiger partial charge in [0.15, 0.2) is 0 Å². The summed E-state index contributed by atoms with van der Waals surface area (Å²) in [7, 11) is 0. The number of rotatable bonds is 2. The molecular formula is C14H12F3N5O2.